The molecule has 5 heteroatoms. The first-order valence-corrected chi connectivity index (χ1v) is 6.91. The molecule has 0 fully saturated rings. The molecule has 112 valence electrons. The Labute approximate surface area is 119 Å². The molecule has 0 aliphatic carbocycles. The summed E-state index contributed by atoms with van der Waals surface area (Å²) in [5.41, 5.74) is 1.04. The van der Waals surface area contributed by atoms with Gasteiger partial charge >= 0.3 is 0 Å². The van der Waals surface area contributed by atoms with Crippen LogP contribution in [-0.4, -0.2) is 32.7 Å². The van der Waals surface area contributed by atoms with E-state index in [-0.39, 0.29) is 17.8 Å². The SMILES string of the molecule is CCC(NCCC(=O)NCCOC)c1ccc(F)cc1. The Morgan fingerprint density at radius 1 is 1.30 bits per heavy atom. The summed E-state index contributed by atoms with van der Waals surface area (Å²) < 4.78 is 17.7. The molecular formula is C15H23FN2O2. The number of benzene rings is 1. The van der Waals surface area contributed by atoms with Gasteiger partial charge in [0, 0.05) is 32.7 Å². The van der Waals surface area contributed by atoms with Gasteiger partial charge < -0.3 is 15.4 Å². The summed E-state index contributed by atoms with van der Waals surface area (Å²) in [4.78, 5) is 11.5. The Morgan fingerprint density at radius 3 is 2.60 bits per heavy atom. The molecule has 4 nitrogen and oxygen atoms in total. The van der Waals surface area contributed by atoms with Crippen molar-refractivity contribution in [2.24, 2.45) is 0 Å². The van der Waals surface area contributed by atoms with Crippen molar-refractivity contribution in [3.8, 4) is 0 Å². The number of amides is 1. The highest BCUT2D eigenvalue weighted by molar-refractivity contribution is 5.76. The lowest BCUT2D eigenvalue weighted by Gasteiger charge is -2.17. The molecule has 1 atom stereocenters. The molecule has 0 radical (unpaired) electrons. The number of ether oxygens (including phenoxy) is 1. The first kappa shape index (κ1) is 16.6. The molecule has 0 aliphatic heterocycles. The molecule has 0 aromatic heterocycles. The van der Waals surface area contributed by atoms with Crippen molar-refractivity contribution < 1.29 is 13.9 Å². The van der Waals surface area contributed by atoms with E-state index >= 15 is 0 Å². The van der Waals surface area contributed by atoms with Crippen molar-refractivity contribution in [2.45, 2.75) is 25.8 Å². The minimum Gasteiger partial charge on any atom is -0.383 e. The largest absolute Gasteiger partial charge is 0.383 e. The molecule has 0 spiro atoms. The third-order valence-corrected chi connectivity index (χ3v) is 3.05. The zero-order valence-corrected chi connectivity index (χ0v) is 12.1. The Kier molecular flexibility index (Phi) is 7.84. The fourth-order valence-electron chi connectivity index (χ4n) is 1.93. The van der Waals surface area contributed by atoms with E-state index in [1.807, 2.05) is 0 Å². The molecule has 1 amide bonds. The number of nitrogens with one attached hydrogen (secondary N) is 2. The Morgan fingerprint density at radius 2 is 2.00 bits per heavy atom. The van der Waals surface area contributed by atoms with E-state index in [0.29, 0.717) is 26.1 Å². The first-order chi connectivity index (χ1) is 9.67. The molecule has 0 heterocycles. The van der Waals surface area contributed by atoms with Crippen LogP contribution in [0.25, 0.3) is 0 Å². The highest BCUT2D eigenvalue weighted by atomic mass is 19.1. The van der Waals surface area contributed by atoms with Gasteiger partial charge in [-0.2, -0.15) is 0 Å². The van der Waals surface area contributed by atoms with Crippen LogP contribution in [-0.2, 0) is 9.53 Å². The maximum atomic E-state index is 12.9. The van der Waals surface area contributed by atoms with E-state index in [0.717, 1.165) is 12.0 Å². The van der Waals surface area contributed by atoms with Crippen LogP contribution < -0.4 is 10.6 Å². The second kappa shape index (κ2) is 9.44. The first-order valence-electron chi connectivity index (χ1n) is 6.91. The fraction of sp³-hybridized carbons (Fsp3) is 0.533. The number of carbonyl (C=O) groups is 1. The number of hydrogen-bond acceptors (Lipinski definition) is 3. The van der Waals surface area contributed by atoms with Crippen LogP contribution in [0.1, 0.15) is 31.4 Å². The molecule has 0 bridgehead atoms. The summed E-state index contributed by atoms with van der Waals surface area (Å²) in [7, 11) is 1.60. The second-order valence-electron chi connectivity index (χ2n) is 4.56. The zero-order chi connectivity index (χ0) is 14.8. The van der Waals surface area contributed by atoms with Gasteiger partial charge in [0.1, 0.15) is 5.82 Å². The number of methoxy groups -OCH3 is 1. The minimum absolute atomic E-state index is 0.00325. The lowest BCUT2D eigenvalue weighted by molar-refractivity contribution is -0.121. The van der Waals surface area contributed by atoms with Crippen LogP contribution in [0, 0.1) is 5.82 Å². The summed E-state index contributed by atoms with van der Waals surface area (Å²) in [6, 6.07) is 6.60. The van der Waals surface area contributed by atoms with Gasteiger partial charge in [0.15, 0.2) is 0 Å². The standard InChI is InChI=1S/C15H23FN2O2/c1-3-14(12-4-6-13(16)7-5-12)17-9-8-15(19)18-10-11-20-2/h4-7,14,17H,3,8-11H2,1-2H3,(H,18,19). The quantitative estimate of drug-likeness (QED) is 0.681. The molecule has 1 aromatic rings. The van der Waals surface area contributed by atoms with E-state index in [1.165, 1.54) is 12.1 Å². The van der Waals surface area contributed by atoms with Crippen LogP contribution in [0.2, 0.25) is 0 Å². The van der Waals surface area contributed by atoms with Crippen molar-refractivity contribution in [1.82, 2.24) is 10.6 Å². The van der Waals surface area contributed by atoms with Crippen LogP contribution in [0.4, 0.5) is 4.39 Å². The van der Waals surface area contributed by atoms with Crippen LogP contribution in [0.15, 0.2) is 24.3 Å². The molecular weight excluding hydrogens is 259 g/mol. The van der Waals surface area contributed by atoms with Crippen LogP contribution >= 0.6 is 0 Å². The number of rotatable bonds is 9. The van der Waals surface area contributed by atoms with Crippen molar-refractivity contribution in [3.63, 3.8) is 0 Å². The van der Waals surface area contributed by atoms with E-state index in [4.69, 9.17) is 4.74 Å². The summed E-state index contributed by atoms with van der Waals surface area (Å²) in [6.45, 7) is 3.70. The predicted molar refractivity (Wildman–Crippen MR) is 76.9 cm³/mol. The zero-order valence-electron chi connectivity index (χ0n) is 12.1. The second-order valence-corrected chi connectivity index (χ2v) is 4.56. The molecule has 2 N–H and O–H groups in total. The van der Waals surface area contributed by atoms with Crippen molar-refractivity contribution >= 4 is 5.91 Å². The predicted octanol–water partition coefficient (Wildman–Crippen LogP) is 2.02. The van der Waals surface area contributed by atoms with Crippen LogP contribution in [0.3, 0.4) is 0 Å². The van der Waals surface area contributed by atoms with Crippen molar-refractivity contribution in [2.75, 3.05) is 26.8 Å². The topological polar surface area (TPSA) is 50.4 Å². The molecule has 0 aliphatic rings. The Bertz CT molecular complexity index is 395. The fourth-order valence-corrected chi connectivity index (χ4v) is 1.93. The lowest BCUT2D eigenvalue weighted by atomic mass is 10.0. The Hall–Kier alpha value is -1.46. The average Bonchev–Trinajstić information content (AvgIpc) is 2.45. The van der Waals surface area contributed by atoms with Gasteiger partial charge in [-0.3, -0.25) is 4.79 Å². The third-order valence-electron chi connectivity index (χ3n) is 3.05. The highest BCUT2D eigenvalue weighted by Crippen LogP contribution is 2.16. The van der Waals surface area contributed by atoms with Gasteiger partial charge in [-0.1, -0.05) is 19.1 Å². The minimum atomic E-state index is -0.235. The van der Waals surface area contributed by atoms with Crippen LogP contribution in [0.5, 0.6) is 0 Å². The smallest absolute Gasteiger partial charge is 0.221 e. The summed E-state index contributed by atoms with van der Waals surface area (Å²) in [6.07, 6.45) is 1.30. The maximum Gasteiger partial charge on any atom is 0.221 e. The lowest BCUT2D eigenvalue weighted by Crippen LogP contribution is -2.31. The molecule has 1 unspecified atom stereocenters. The monoisotopic (exact) mass is 282 g/mol. The van der Waals surface area contributed by atoms with E-state index < -0.39 is 0 Å². The molecule has 0 saturated carbocycles. The summed E-state index contributed by atoms with van der Waals surface area (Å²) in [5.74, 6) is -0.232. The van der Waals surface area contributed by atoms with E-state index in [2.05, 4.69) is 17.6 Å². The normalized spacial score (nSPS) is 12.2. The molecule has 1 rings (SSSR count). The number of hydrogen-bond donors (Lipinski definition) is 2. The van der Waals surface area contributed by atoms with Gasteiger partial charge in [0.2, 0.25) is 5.91 Å². The number of carbonyl (C=O) groups excluding carboxylic acids is 1. The van der Waals surface area contributed by atoms with Gasteiger partial charge in [-0.15, -0.1) is 0 Å². The van der Waals surface area contributed by atoms with Crippen molar-refractivity contribution in [3.05, 3.63) is 35.6 Å². The summed E-state index contributed by atoms with van der Waals surface area (Å²) in [5, 5.41) is 6.08. The molecule has 0 saturated heterocycles. The third kappa shape index (κ3) is 6.12. The molecule has 1 aromatic carbocycles. The van der Waals surface area contributed by atoms with Crippen molar-refractivity contribution in [1.29, 1.82) is 0 Å². The molecule has 20 heavy (non-hydrogen) atoms. The average molecular weight is 282 g/mol. The van der Waals surface area contributed by atoms with Gasteiger partial charge in [0.25, 0.3) is 0 Å². The van der Waals surface area contributed by atoms with E-state index in [1.54, 1.807) is 19.2 Å². The maximum absolute atomic E-state index is 12.9. The van der Waals surface area contributed by atoms with Gasteiger partial charge in [-0.05, 0) is 24.1 Å². The summed E-state index contributed by atoms with van der Waals surface area (Å²) >= 11 is 0. The Balaban J connectivity index is 2.31. The number of halogens is 1. The van der Waals surface area contributed by atoms with Gasteiger partial charge in [-0.25, -0.2) is 4.39 Å². The highest BCUT2D eigenvalue weighted by Gasteiger charge is 2.09. The van der Waals surface area contributed by atoms with E-state index in [9.17, 15) is 9.18 Å². The van der Waals surface area contributed by atoms with Gasteiger partial charge in [0.05, 0.1) is 6.61 Å².